The zero-order valence-corrected chi connectivity index (χ0v) is 12.8. The minimum atomic E-state index is -3.64. The van der Waals surface area contributed by atoms with Crippen molar-refractivity contribution in [2.24, 2.45) is 0 Å². The van der Waals surface area contributed by atoms with E-state index in [9.17, 15) is 8.42 Å². The Morgan fingerprint density at radius 2 is 2.05 bits per heavy atom. The predicted molar refractivity (Wildman–Crippen MR) is 78.3 cm³/mol. The molecule has 21 heavy (non-hydrogen) atoms. The highest BCUT2D eigenvalue weighted by Gasteiger charge is 2.18. The quantitative estimate of drug-likeness (QED) is 0.807. The van der Waals surface area contributed by atoms with Crippen LogP contribution in [0.4, 0.5) is 5.69 Å². The Morgan fingerprint density at radius 1 is 1.29 bits per heavy atom. The van der Waals surface area contributed by atoms with Crippen molar-refractivity contribution in [3.05, 3.63) is 36.0 Å². The van der Waals surface area contributed by atoms with E-state index in [1.807, 2.05) is 6.92 Å². The number of aryl methyl sites for hydroxylation is 1. The Labute approximate surface area is 123 Å². The molecule has 0 aliphatic heterocycles. The molecule has 0 bridgehead atoms. The third-order valence-corrected chi connectivity index (χ3v) is 4.19. The van der Waals surface area contributed by atoms with E-state index < -0.39 is 10.0 Å². The maximum Gasteiger partial charge on any atom is 0.243 e. The van der Waals surface area contributed by atoms with Gasteiger partial charge in [-0.05, 0) is 18.6 Å². The molecule has 1 aromatic heterocycles. The van der Waals surface area contributed by atoms with Gasteiger partial charge in [0.25, 0.3) is 0 Å². The lowest BCUT2D eigenvalue weighted by Gasteiger charge is -2.12. The molecule has 2 N–H and O–H groups in total. The van der Waals surface area contributed by atoms with Crippen molar-refractivity contribution in [1.82, 2.24) is 14.9 Å². The average Bonchev–Trinajstić information content (AvgIpc) is 2.89. The summed E-state index contributed by atoms with van der Waals surface area (Å²) >= 11 is 0. The Hall–Kier alpha value is -1.93. The lowest BCUT2D eigenvalue weighted by atomic mass is 10.3. The molecule has 2 rings (SSSR count). The lowest BCUT2D eigenvalue weighted by molar-refractivity contribution is 0.387. The molecule has 0 fully saturated rings. The molecule has 0 atom stereocenters. The third kappa shape index (κ3) is 4.02. The van der Waals surface area contributed by atoms with Crippen LogP contribution in [0, 0.1) is 6.92 Å². The highest BCUT2D eigenvalue weighted by atomic mass is 32.2. The highest BCUT2D eigenvalue weighted by Crippen LogP contribution is 2.20. The molecule has 0 aliphatic carbocycles. The number of rotatable bonds is 7. The number of sulfonamides is 1. The molecular weight excluding hydrogens is 292 g/mol. The number of hydrogen-bond donors (Lipinski definition) is 2. The smallest absolute Gasteiger partial charge is 0.243 e. The molecule has 0 unspecified atom stereocenters. The maximum absolute atomic E-state index is 12.4. The summed E-state index contributed by atoms with van der Waals surface area (Å²) in [5.74, 6) is 0.698. The van der Waals surface area contributed by atoms with E-state index in [2.05, 4.69) is 20.2 Å². The van der Waals surface area contributed by atoms with Gasteiger partial charge in [-0.1, -0.05) is 24.2 Å². The third-order valence-electron chi connectivity index (χ3n) is 2.73. The van der Waals surface area contributed by atoms with Gasteiger partial charge in [-0.25, -0.2) is 13.1 Å². The Kier molecular flexibility index (Phi) is 4.92. The first kappa shape index (κ1) is 15.5. The van der Waals surface area contributed by atoms with Gasteiger partial charge >= 0.3 is 0 Å². The van der Waals surface area contributed by atoms with Crippen LogP contribution in [0.2, 0.25) is 0 Å². The van der Waals surface area contributed by atoms with Gasteiger partial charge in [0.2, 0.25) is 15.9 Å². The van der Waals surface area contributed by atoms with Crippen molar-refractivity contribution < 1.29 is 12.9 Å². The van der Waals surface area contributed by atoms with Crippen LogP contribution in [0.5, 0.6) is 0 Å². The second-order valence-corrected chi connectivity index (χ2v) is 6.21. The van der Waals surface area contributed by atoms with Crippen molar-refractivity contribution in [3.8, 4) is 0 Å². The number of nitrogens with zero attached hydrogens (tertiary/aromatic N) is 2. The van der Waals surface area contributed by atoms with Gasteiger partial charge in [-0.2, -0.15) is 4.98 Å². The van der Waals surface area contributed by atoms with Crippen molar-refractivity contribution in [3.63, 3.8) is 0 Å². The Balaban J connectivity index is 2.15. The fraction of sp³-hybridized carbons (Fsp3) is 0.385. The van der Waals surface area contributed by atoms with Gasteiger partial charge in [0, 0.05) is 13.5 Å². The maximum atomic E-state index is 12.4. The van der Waals surface area contributed by atoms with E-state index in [-0.39, 0.29) is 11.4 Å². The summed E-state index contributed by atoms with van der Waals surface area (Å²) in [5.41, 5.74) is 0.580. The van der Waals surface area contributed by atoms with E-state index in [0.29, 0.717) is 23.9 Å². The molecule has 8 heteroatoms. The molecule has 1 aromatic carbocycles. The standard InChI is InChI=1S/C13H18N4O3S/c1-3-8-14-11-6-4-5-7-12(11)21(18,19)15-9-13-16-10(2)20-17-13/h4-7,14-15H,3,8-9H2,1-2H3. The monoisotopic (exact) mass is 310 g/mol. The first-order valence-corrected chi connectivity index (χ1v) is 8.13. The van der Waals surface area contributed by atoms with Crippen molar-refractivity contribution in [2.45, 2.75) is 31.7 Å². The summed E-state index contributed by atoms with van der Waals surface area (Å²) in [6.07, 6.45) is 0.907. The summed E-state index contributed by atoms with van der Waals surface area (Å²) in [7, 11) is -3.64. The number of hydrogen-bond acceptors (Lipinski definition) is 6. The Morgan fingerprint density at radius 3 is 2.71 bits per heavy atom. The molecular formula is C13H18N4O3S. The summed E-state index contributed by atoms with van der Waals surface area (Å²) in [6, 6.07) is 6.77. The molecule has 0 saturated heterocycles. The number of para-hydroxylation sites is 1. The van der Waals surface area contributed by atoms with E-state index >= 15 is 0 Å². The lowest BCUT2D eigenvalue weighted by Crippen LogP contribution is -2.25. The largest absolute Gasteiger partial charge is 0.384 e. The summed E-state index contributed by atoms with van der Waals surface area (Å²) < 4.78 is 32.0. The minimum Gasteiger partial charge on any atom is -0.384 e. The molecule has 1 heterocycles. The van der Waals surface area contributed by atoms with E-state index in [4.69, 9.17) is 4.52 Å². The van der Waals surface area contributed by atoms with E-state index in [1.165, 1.54) is 0 Å². The number of anilines is 1. The summed E-state index contributed by atoms with van der Waals surface area (Å²) in [4.78, 5) is 4.17. The van der Waals surface area contributed by atoms with E-state index in [1.54, 1.807) is 31.2 Å². The van der Waals surface area contributed by atoms with Crippen LogP contribution in [-0.2, 0) is 16.6 Å². The molecule has 0 radical (unpaired) electrons. The van der Waals surface area contributed by atoms with Crippen molar-refractivity contribution >= 4 is 15.7 Å². The normalized spacial score (nSPS) is 11.5. The van der Waals surface area contributed by atoms with Gasteiger partial charge in [0.1, 0.15) is 4.90 Å². The molecule has 7 nitrogen and oxygen atoms in total. The van der Waals surface area contributed by atoms with Gasteiger partial charge in [-0.3, -0.25) is 0 Å². The van der Waals surface area contributed by atoms with Crippen LogP contribution in [0.1, 0.15) is 25.1 Å². The van der Waals surface area contributed by atoms with Gasteiger partial charge in [0.15, 0.2) is 5.82 Å². The molecule has 0 aliphatic rings. The first-order valence-electron chi connectivity index (χ1n) is 6.64. The van der Waals surface area contributed by atoms with Gasteiger partial charge in [0.05, 0.1) is 12.2 Å². The van der Waals surface area contributed by atoms with Crippen molar-refractivity contribution in [1.29, 1.82) is 0 Å². The van der Waals surface area contributed by atoms with E-state index in [0.717, 1.165) is 6.42 Å². The summed E-state index contributed by atoms with van der Waals surface area (Å²) in [5, 5.41) is 6.76. The predicted octanol–water partition coefficient (Wildman–Crippen LogP) is 1.68. The second-order valence-electron chi connectivity index (χ2n) is 4.48. The average molecular weight is 310 g/mol. The number of nitrogens with one attached hydrogen (secondary N) is 2. The molecule has 0 saturated carbocycles. The van der Waals surface area contributed by atoms with Crippen molar-refractivity contribution in [2.75, 3.05) is 11.9 Å². The molecule has 0 amide bonds. The second kappa shape index (κ2) is 6.68. The molecule has 114 valence electrons. The highest BCUT2D eigenvalue weighted by molar-refractivity contribution is 7.89. The first-order chi connectivity index (χ1) is 10.0. The van der Waals surface area contributed by atoms with Gasteiger partial charge in [-0.15, -0.1) is 0 Å². The van der Waals surface area contributed by atoms with Crippen LogP contribution >= 0.6 is 0 Å². The fourth-order valence-electron chi connectivity index (χ4n) is 1.76. The SMILES string of the molecule is CCCNc1ccccc1S(=O)(=O)NCc1noc(C)n1. The number of benzene rings is 1. The van der Waals surface area contributed by atoms with Crippen LogP contribution in [0.15, 0.2) is 33.7 Å². The fourth-order valence-corrected chi connectivity index (χ4v) is 2.92. The minimum absolute atomic E-state index is 0.0121. The van der Waals surface area contributed by atoms with Crippen LogP contribution in [0.25, 0.3) is 0 Å². The van der Waals surface area contributed by atoms with Gasteiger partial charge < -0.3 is 9.84 Å². The summed E-state index contributed by atoms with van der Waals surface area (Å²) in [6.45, 7) is 4.36. The molecule has 2 aromatic rings. The number of aromatic nitrogens is 2. The zero-order valence-electron chi connectivity index (χ0n) is 12.0. The van der Waals surface area contributed by atoms with Crippen LogP contribution in [0.3, 0.4) is 0 Å². The molecule has 0 spiro atoms. The topological polar surface area (TPSA) is 97.1 Å². The van der Waals surface area contributed by atoms with Crippen LogP contribution in [-0.4, -0.2) is 25.1 Å². The van der Waals surface area contributed by atoms with Crippen LogP contribution < -0.4 is 10.0 Å². The Bertz CT molecular complexity index is 697. The zero-order chi connectivity index (χ0) is 15.3.